The zero-order valence-corrected chi connectivity index (χ0v) is 18.9. The largest absolute Gasteiger partial charge is 0.490 e. The third-order valence-corrected chi connectivity index (χ3v) is 4.80. The fourth-order valence-corrected chi connectivity index (χ4v) is 3.41. The van der Waals surface area contributed by atoms with Crippen molar-refractivity contribution < 1.29 is 14.3 Å². The number of carbonyl (C=O) groups is 1. The van der Waals surface area contributed by atoms with Crippen molar-refractivity contribution >= 4 is 40.5 Å². The highest BCUT2D eigenvalue weighted by Crippen LogP contribution is 2.29. The molecular weight excluding hydrogens is 435 g/mol. The molecule has 2 N–H and O–H groups in total. The summed E-state index contributed by atoms with van der Waals surface area (Å²) in [4.78, 5) is 12.2. The number of rotatable bonds is 9. The van der Waals surface area contributed by atoms with Gasteiger partial charge in [-0.3, -0.25) is 4.79 Å². The molecule has 0 aliphatic rings. The van der Waals surface area contributed by atoms with E-state index in [1.165, 1.54) is 0 Å². The van der Waals surface area contributed by atoms with Gasteiger partial charge in [0.1, 0.15) is 0 Å². The van der Waals surface area contributed by atoms with Crippen LogP contribution in [-0.2, 0) is 11.3 Å². The van der Waals surface area contributed by atoms with E-state index >= 15 is 0 Å². The Balaban J connectivity index is 1.61. The second-order valence-electron chi connectivity index (χ2n) is 6.93. The van der Waals surface area contributed by atoms with Gasteiger partial charge >= 0.3 is 0 Å². The van der Waals surface area contributed by atoms with Crippen LogP contribution in [0.15, 0.2) is 60.7 Å². The van der Waals surface area contributed by atoms with E-state index in [2.05, 4.69) is 10.6 Å². The summed E-state index contributed by atoms with van der Waals surface area (Å²) in [5, 5.41) is 7.23. The first-order valence-electron chi connectivity index (χ1n) is 9.88. The molecule has 7 heteroatoms. The quantitative estimate of drug-likeness (QED) is 0.393. The van der Waals surface area contributed by atoms with Crippen LogP contribution in [0.1, 0.15) is 18.1 Å². The zero-order chi connectivity index (χ0) is 22.2. The van der Waals surface area contributed by atoms with Gasteiger partial charge in [-0.15, -0.1) is 0 Å². The van der Waals surface area contributed by atoms with Gasteiger partial charge in [0.25, 0.3) is 5.91 Å². The van der Waals surface area contributed by atoms with E-state index < -0.39 is 0 Å². The fourth-order valence-electron chi connectivity index (χ4n) is 2.89. The molecule has 0 aromatic heterocycles. The predicted molar refractivity (Wildman–Crippen MR) is 127 cm³/mol. The maximum absolute atomic E-state index is 12.2. The van der Waals surface area contributed by atoms with Crippen molar-refractivity contribution in [1.29, 1.82) is 0 Å². The lowest BCUT2D eigenvalue weighted by molar-refractivity contribution is -0.118. The molecule has 5 nitrogen and oxygen atoms in total. The number of benzene rings is 3. The van der Waals surface area contributed by atoms with Crippen molar-refractivity contribution in [2.24, 2.45) is 0 Å². The summed E-state index contributed by atoms with van der Waals surface area (Å²) in [5.74, 6) is 0.847. The van der Waals surface area contributed by atoms with E-state index in [9.17, 15) is 4.79 Å². The Labute approximate surface area is 192 Å². The first-order chi connectivity index (χ1) is 14.9. The lowest BCUT2D eigenvalue weighted by atomic mass is 10.2. The summed E-state index contributed by atoms with van der Waals surface area (Å²) in [6.45, 7) is 4.80. The van der Waals surface area contributed by atoms with Crippen molar-refractivity contribution in [2.75, 3.05) is 23.8 Å². The van der Waals surface area contributed by atoms with E-state index in [4.69, 9.17) is 32.7 Å². The zero-order valence-electron chi connectivity index (χ0n) is 17.4. The van der Waals surface area contributed by atoms with Gasteiger partial charge in [0, 0.05) is 28.0 Å². The molecule has 162 valence electrons. The molecule has 0 aliphatic heterocycles. The number of carbonyl (C=O) groups excluding carboxylic acids is 1. The molecule has 0 aliphatic carbocycles. The van der Waals surface area contributed by atoms with E-state index in [0.717, 1.165) is 22.5 Å². The highest BCUT2D eigenvalue weighted by Gasteiger charge is 2.10. The molecule has 0 radical (unpaired) electrons. The average molecular weight is 459 g/mol. The molecule has 31 heavy (non-hydrogen) atoms. The summed E-state index contributed by atoms with van der Waals surface area (Å²) in [6, 6.07) is 18.5. The van der Waals surface area contributed by atoms with E-state index in [1.54, 1.807) is 24.3 Å². The third kappa shape index (κ3) is 7.09. The molecule has 1 amide bonds. The summed E-state index contributed by atoms with van der Waals surface area (Å²) in [6.07, 6.45) is 0. The Bertz CT molecular complexity index is 1020. The lowest BCUT2D eigenvalue weighted by Crippen LogP contribution is -2.20. The fraction of sp³-hybridized carbons (Fsp3) is 0.208. The maximum Gasteiger partial charge on any atom is 0.262 e. The number of halogens is 2. The number of ether oxygens (including phenoxy) is 2. The van der Waals surface area contributed by atoms with Crippen molar-refractivity contribution in [3.8, 4) is 11.5 Å². The van der Waals surface area contributed by atoms with Crippen molar-refractivity contribution in [3.05, 3.63) is 81.8 Å². The minimum absolute atomic E-state index is 0.118. The first kappa shape index (κ1) is 22.8. The molecule has 3 aromatic rings. The lowest BCUT2D eigenvalue weighted by Gasteiger charge is -2.14. The van der Waals surface area contributed by atoms with Gasteiger partial charge < -0.3 is 20.1 Å². The number of hydrogen-bond acceptors (Lipinski definition) is 4. The third-order valence-electron chi connectivity index (χ3n) is 4.36. The van der Waals surface area contributed by atoms with Gasteiger partial charge in [0.2, 0.25) is 0 Å². The van der Waals surface area contributed by atoms with Crippen LogP contribution in [0, 0.1) is 6.92 Å². The summed E-state index contributed by atoms with van der Waals surface area (Å²) in [7, 11) is 0. The molecule has 0 saturated heterocycles. The molecule has 0 spiro atoms. The highest BCUT2D eigenvalue weighted by atomic mass is 35.5. The van der Waals surface area contributed by atoms with Crippen LogP contribution in [0.4, 0.5) is 11.4 Å². The summed E-state index contributed by atoms with van der Waals surface area (Å²) in [5.41, 5.74) is 3.66. The molecule has 3 aromatic carbocycles. The van der Waals surface area contributed by atoms with Crippen molar-refractivity contribution in [3.63, 3.8) is 0 Å². The molecule has 0 saturated carbocycles. The van der Waals surface area contributed by atoms with Gasteiger partial charge in [-0.1, -0.05) is 47.0 Å². The minimum atomic E-state index is -0.241. The number of anilines is 2. The second-order valence-corrected chi connectivity index (χ2v) is 7.80. The highest BCUT2D eigenvalue weighted by molar-refractivity contribution is 6.35. The Morgan fingerprint density at radius 1 is 0.871 bits per heavy atom. The number of amides is 1. The standard InChI is InChI=1S/C24H24Cl2N2O3/c1-3-30-23-10-17(14-27-21-12-18(25)11-19(26)13-21)6-9-22(23)31-15-24(29)28-20-7-4-16(2)5-8-20/h4-13,27H,3,14-15H2,1-2H3,(H,28,29). The van der Waals surface area contributed by atoms with E-state index in [1.807, 2.05) is 50.2 Å². The van der Waals surface area contributed by atoms with Crippen molar-refractivity contribution in [1.82, 2.24) is 0 Å². The van der Waals surface area contributed by atoms with E-state index in [-0.39, 0.29) is 12.5 Å². The number of aryl methyl sites for hydroxylation is 1. The molecule has 0 heterocycles. The molecule has 0 fully saturated rings. The van der Waals surface area contributed by atoms with Crippen LogP contribution in [0.2, 0.25) is 10.0 Å². The molecule has 0 unspecified atom stereocenters. The monoisotopic (exact) mass is 458 g/mol. The topological polar surface area (TPSA) is 59.6 Å². The summed E-state index contributed by atoms with van der Waals surface area (Å²) < 4.78 is 11.4. The van der Waals surface area contributed by atoms with Crippen LogP contribution in [0.3, 0.4) is 0 Å². The van der Waals surface area contributed by atoms with E-state index in [0.29, 0.717) is 34.7 Å². The van der Waals surface area contributed by atoms with Gasteiger partial charge in [0.05, 0.1) is 6.61 Å². The second kappa shape index (κ2) is 10.9. The molecule has 0 bridgehead atoms. The van der Waals surface area contributed by atoms with Gasteiger partial charge in [-0.2, -0.15) is 0 Å². The minimum Gasteiger partial charge on any atom is -0.490 e. The average Bonchev–Trinajstić information content (AvgIpc) is 2.73. The van der Waals surface area contributed by atoms with Crippen LogP contribution >= 0.6 is 23.2 Å². The van der Waals surface area contributed by atoms with Crippen molar-refractivity contribution in [2.45, 2.75) is 20.4 Å². The van der Waals surface area contributed by atoms with Gasteiger partial charge in [-0.05, 0) is 61.9 Å². The smallest absolute Gasteiger partial charge is 0.262 e. The molecule has 3 rings (SSSR count). The summed E-state index contributed by atoms with van der Waals surface area (Å²) >= 11 is 12.1. The van der Waals surface area contributed by atoms with Crippen LogP contribution in [0.5, 0.6) is 11.5 Å². The first-order valence-corrected chi connectivity index (χ1v) is 10.6. The van der Waals surface area contributed by atoms with Crippen LogP contribution in [0.25, 0.3) is 0 Å². The van der Waals surface area contributed by atoms with Gasteiger partial charge in [-0.25, -0.2) is 0 Å². The molecular formula is C24H24Cl2N2O3. The number of nitrogens with one attached hydrogen (secondary N) is 2. The predicted octanol–water partition coefficient (Wildman–Crippen LogP) is 6.33. The maximum atomic E-state index is 12.2. The Hall–Kier alpha value is -2.89. The normalized spacial score (nSPS) is 10.5. The SMILES string of the molecule is CCOc1cc(CNc2cc(Cl)cc(Cl)c2)ccc1OCC(=O)Nc1ccc(C)cc1. The van der Waals surface area contributed by atoms with Crippen LogP contribution in [-0.4, -0.2) is 19.1 Å². The van der Waals surface area contributed by atoms with Crippen LogP contribution < -0.4 is 20.1 Å². The number of hydrogen-bond donors (Lipinski definition) is 2. The van der Waals surface area contributed by atoms with Gasteiger partial charge in [0.15, 0.2) is 18.1 Å². The Morgan fingerprint density at radius 2 is 1.58 bits per heavy atom. The molecule has 0 atom stereocenters. The Morgan fingerprint density at radius 3 is 2.26 bits per heavy atom. The Kier molecular flexibility index (Phi) is 8.04.